The van der Waals surface area contributed by atoms with Gasteiger partial charge in [0, 0.05) is 267 Å². The molecule has 5 radical (unpaired) electrons. The summed E-state index contributed by atoms with van der Waals surface area (Å²) in [4.78, 5) is 59.7. The Kier molecular flexibility index (Phi) is 60.2. The van der Waals surface area contributed by atoms with E-state index in [1.54, 1.807) is 78.0 Å². The number of carbonyl (C=O) groups excluding carboxylic acids is 5. The van der Waals surface area contributed by atoms with Crippen LogP contribution in [0.3, 0.4) is 0 Å². The molecule has 0 saturated carbocycles. The summed E-state index contributed by atoms with van der Waals surface area (Å²) in [7, 11) is 13.5. The van der Waals surface area contributed by atoms with Gasteiger partial charge in [0.2, 0.25) is 0 Å². The maximum atomic E-state index is 12.1. The first-order valence-corrected chi connectivity index (χ1v) is 39.6. The van der Waals surface area contributed by atoms with Crippen molar-refractivity contribution in [2.45, 2.75) is 224 Å². The molecule has 5 fully saturated rings. The van der Waals surface area contributed by atoms with E-state index in [1.165, 1.54) is 0 Å². The van der Waals surface area contributed by atoms with Crippen molar-refractivity contribution in [3.63, 3.8) is 0 Å². The van der Waals surface area contributed by atoms with Crippen LogP contribution in [0.15, 0.2) is 115 Å². The summed E-state index contributed by atoms with van der Waals surface area (Å²) in [6.45, 7) is 38.1. The molecule has 0 aromatic heterocycles. The van der Waals surface area contributed by atoms with Crippen LogP contribution in [-0.2, 0) is 300 Å². The van der Waals surface area contributed by atoms with Gasteiger partial charge >= 0.3 is 66.4 Å². The second-order valence-electron chi connectivity index (χ2n) is 29.7. The van der Waals surface area contributed by atoms with Crippen LogP contribution in [0.1, 0.15) is 140 Å². The average Bonchev–Trinajstić information content (AvgIpc) is 1.48. The summed E-state index contributed by atoms with van der Waals surface area (Å²) in [5, 5.41) is 0. The number of ether oxygens (including phenoxy) is 15. The predicted octanol–water partition coefficient (Wildman–Crippen LogP) is 10.7. The molecule has 10 rings (SSSR count). The van der Waals surface area contributed by atoms with E-state index in [0.717, 1.165) is 60.7 Å². The number of hydrogen-bond acceptors (Lipinski definition) is 30. The van der Waals surface area contributed by atoms with E-state index in [9.17, 15) is 24.0 Å². The Morgan fingerprint density at radius 2 is 0.688 bits per heavy atom. The quantitative estimate of drug-likeness (QED) is 0.0178. The molecule has 0 N–H and O–H groups in total. The Labute approximate surface area is 867 Å². The van der Waals surface area contributed by atoms with E-state index in [-0.39, 0.29) is 268 Å². The molecule has 5 saturated heterocycles. The molecule has 17 atom stereocenters. The van der Waals surface area contributed by atoms with Gasteiger partial charge in [-0.3, -0.25) is 0 Å². The van der Waals surface area contributed by atoms with Crippen molar-refractivity contribution in [2.75, 3.05) is 71.1 Å². The Morgan fingerprint density at radius 3 is 1.03 bits per heavy atom. The molecule has 0 bridgehead atoms. The second-order valence-corrected chi connectivity index (χ2v) is 29.7. The van der Waals surface area contributed by atoms with Gasteiger partial charge in [0.05, 0.1) is 30.5 Å². The van der Waals surface area contributed by atoms with E-state index in [2.05, 4.69) is 34.6 Å². The van der Waals surface area contributed by atoms with Crippen molar-refractivity contribution >= 4 is 93.7 Å². The van der Waals surface area contributed by atoms with Crippen LogP contribution in [-0.4, -0.2) is 229 Å². The van der Waals surface area contributed by atoms with E-state index in [4.69, 9.17) is 118 Å². The summed E-state index contributed by atoms with van der Waals surface area (Å²) in [5.41, 5.74) is 8.71. The maximum absolute atomic E-state index is 12.1. The number of hydrogen-bond donors (Lipinski definition) is 0. The molecule has 0 amide bonds. The topological polar surface area (TPSA) is 316 Å². The third-order valence-electron chi connectivity index (χ3n) is 20.0. The van der Waals surface area contributed by atoms with Gasteiger partial charge in [0.15, 0.2) is 0 Å². The normalized spacial score (nSPS) is 22.8. The summed E-state index contributed by atoms with van der Waals surface area (Å²) in [6.07, 6.45) is -4.85. The number of rotatable bonds is 30. The zero-order valence-corrected chi connectivity index (χ0v) is 90.0. The smallest absolute Gasteiger partial charge is 0.431 e. The van der Waals surface area contributed by atoms with E-state index < -0.39 is 84.2 Å². The molecule has 30 nitrogen and oxygen atoms in total. The molecule has 5 aliphatic rings. The monoisotopic (exact) mass is 2120 g/mol. The maximum Gasteiger partial charge on any atom is 0.509 e. The molecule has 5 aliphatic heterocycles. The van der Waals surface area contributed by atoms with Gasteiger partial charge in [-0.25, -0.2) is 24.0 Å². The van der Waals surface area contributed by atoms with Gasteiger partial charge in [0.1, 0.15) is 61.5 Å². The Morgan fingerprint density at radius 1 is 0.384 bits per heavy atom. The molecule has 125 heavy (non-hydrogen) atoms. The minimum absolute atomic E-state index is 0. The van der Waals surface area contributed by atoms with E-state index >= 15 is 0 Å². The third kappa shape index (κ3) is 40.0. The SMILES string of the molecule is [CH2-][C@H]1O[C@@H](C)C[C@H]1OC(=O)OC(C)(C)c1ccc(B(OC)OC)cc1.[CH2-][C@H]1O[C@@H](C)C[C@H]1OC(=O)OC(C)c1ccc(B(OC)OC)cc1.[CH2-][C@H]1O[C@@H](C)C[C@H]1OC(=O)OC(C)c1ccc(B(OC)OC)cc1C.[CH2-][C@H]1O[C@@H](C)C[C@H]1OC(=O)OCc1ccc(B(OC)OC)cc1.[CH2-][C@H]1O[C@@H](C)C[C@H]1OC(=O)OCc1ccccc1B(OC)OC.[Y].[Y].[Y].[Y].[Y]. The van der Waals surface area contributed by atoms with Gasteiger partial charge in [-0.05, 0) is 160 Å². The third-order valence-corrected chi connectivity index (χ3v) is 20.0. The van der Waals surface area contributed by atoms with Crippen LogP contribution in [0.25, 0.3) is 0 Å². The average molecular weight is 2120 g/mol. The van der Waals surface area contributed by atoms with Crippen molar-refractivity contribution in [2.24, 2.45) is 0 Å². The summed E-state index contributed by atoms with van der Waals surface area (Å²) >= 11 is 0. The van der Waals surface area contributed by atoms with Gasteiger partial charge in [-0.1, -0.05) is 115 Å². The van der Waals surface area contributed by atoms with Crippen molar-refractivity contribution in [3.8, 4) is 0 Å². The number of carbonyl (C=O) groups is 5. The molecule has 5 aromatic carbocycles. The van der Waals surface area contributed by atoms with Gasteiger partial charge < -0.3 is 152 Å². The molecular weight excluding hydrogens is 2000 g/mol. The van der Waals surface area contributed by atoms with Gasteiger partial charge in [0.25, 0.3) is 0 Å². The standard InChI is InChI=1S/2C18H26BO6.C17H24BO6.2C16H22BO6.5Y/c1-12-11-16(13(2)23-12)24-17(20)25-18(3,4)14-7-9-15(10-8-14)19(21-5)22-6;1-11-9-15(19(21-5)22-6)7-8-16(11)13(3)24-18(20)25-17-10-12(2)23-14(17)4;1-11-10-16(13(3)22-11)24-17(19)23-12(2)14-6-8-15(9-7-14)18(20-4)21-5;1-11-9-15(12(2)22-11)23-16(18)21-10-13-5-7-14(8-6-13)17(19-3)20-4;1-11-9-15(12(2)22-11)23-16(18)21-10-13-7-5-6-8-14(13)17(19-3)20-4;;;;;/h7-10,12-13,16H,2,11H2,1,3-6H3;7-9,12-14,17H,4,10H2,1-3,5-6H3;6-9,11-13,16H,3,10H2,1-2,4-5H3;2*5-8,11-12,15H,2,9-10H2,1,3-4H3;;;;;/q5*-1;;;;;/t12-,13+,16+;12-,13?,14+,17+;11-,12?,13+,16+;2*11-,12+,15+;;;;;/m00000...../s1. The summed E-state index contributed by atoms with van der Waals surface area (Å²) in [6, 6.07) is 35.6. The second kappa shape index (κ2) is 62.3. The largest absolute Gasteiger partial charge is 0.509 e. The predicted molar refractivity (Wildman–Crippen MR) is 450 cm³/mol. The molecule has 675 valence electrons. The minimum atomic E-state index is -0.840. The van der Waals surface area contributed by atoms with Gasteiger partial charge in [-0.15, -0.1) is 0 Å². The molecule has 5 heterocycles. The van der Waals surface area contributed by atoms with E-state index in [1.807, 2.05) is 178 Å². The molecule has 5 aromatic rings. The van der Waals surface area contributed by atoms with Crippen LogP contribution in [0, 0.1) is 41.5 Å². The summed E-state index contributed by atoms with van der Waals surface area (Å²) in [5.74, 6) is 0. The minimum Gasteiger partial charge on any atom is -0.431 e. The van der Waals surface area contributed by atoms with Gasteiger partial charge in [-0.2, -0.15) is 0 Å². The summed E-state index contributed by atoms with van der Waals surface area (Å²) < 4.78 is 132. The van der Waals surface area contributed by atoms with E-state index in [0.29, 0.717) is 32.1 Å². The molecule has 40 heteroatoms. The zero-order chi connectivity index (χ0) is 88.5. The fourth-order valence-corrected chi connectivity index (χ4v) is 13.7. The van der Waals surface area contributed by atoms with Crippen molar-refractivity contribution < 1.29 is 305 Å². The Hall–Kier alpha value is -2.31. The van der Waals surface area contributed by atoms with Crippen LogP contribution < -0.4 is 27.3 Å². The number of benzene rings is 5. The van der Waals surface area contributed by atoms with Crippen molar-refractivity contribution in [1.29, 1.82) is 0 Å². The van der Waals surface area contributed by atoms with Crippen LogP contribution in [0.5, 0.6) is 0 Å². The fourth-order valence-electron chi connectivity index (χ4n) is 13.7. The molecule has 2 unspecified atom stereocenters. The first kappa shape index (κ1) is 121. The molecule has 0 spiro atoms. The Balaban J connectivity index is 0.000000774. The van der Waals surface area contributed by atoms with Crippen LogP contribution in [0.2, 0.25) is 0 Å². The van der Waals surface area contributed by atoms with Crippen molar-refractivity contribution in [1.82, 2.24) is 0 Å². The van der Waals surface area contributed by atoms with Crippen molar-refractivity contribution in [3.05, 3.63) is 183 Å². The zero-order valence-electron chi connectivity index (χ0n) is 75.8. The Bertz CT molecular complexity index is 3880. The fraction of sp³-hybridized carbons (Fsp3) is 0.529. The van der Waals surface area contributed by atoms with Crippen LogP contribution >= 0.6 is 0 Å². The molecule has 0 aliphatic carbocycles. The first-order valence-electron chi connectivity index (χ1n) is 39.6. The first-order chi connectivity index (χ1) is 57.1. The number of aryl methyl sites for hydroxylation is 1. The molecular formula is C85H120B5O30Y5-5. The van der Waals surface area contributed by atoms with Crippen LogP contribution in [0.4, 0.5) is 24.0 Å².